The summed E-state index contributed by atoms with van der Waals surface area (Å²) in [5, 5.41) is 9.18. The molecule has 0 saturated carbocycles. The Morgan fingerprint density at radius 3 is 2.75 bits per heavy atom. The summed E-state index contributed by atoms with van der Waals surface area (Å²) in [6.07, 6.45) is 0.275. The Balaban J connectivity index is 2.13. The number of phenols is 1. The molecule has 4 nitrogen and oxygen atoms in total. The summed E-state index contributed by atoms with van der Waals surface area (Å²) in [5.41, 5.74) is 0.918. The molecule has 1 N–H and O–H groups in total. The molecule has 0 aliphatic carbocycles. The number of hydrogen-bond acceptors (Lipinski definition) is 4. The number of ether oxygens (including phenoxy) is 2. The minimum absolute atomic E-state index is 0.214. The van der Waals surface area contributed by atoms with Crippen molar-refractivity contribution in [3.63, 3.8) is 0 Å². The van der Waals surface area contributed by atoms with E-state index in [1.54, 1.807) is 24.3 Å². The fourth-order valence-electron chi connectivity index (χ4n) is 1.88. The van der Waals surface area contributed by atoms with Gasteiger partial charge in [-0.3, -0.25) is 4.79 Å². The quantitative estimate of drug-likeness (QED) is 0.775. The molecule has 16 heavy (non-hydrogen) atoms. The van der Waals surface area contributed by atoms with Crippen LogP contribution in [0.5, 0.6) is 5.75 Å². The summed E-state index contributed by atoms with van der Waals surface area (Å²) in [6, 6.07) is 6.76. The number of phenolic OH excluding ortho intramolecular Hbond substituents is 1. The summed E-state index contributed by atoms with van der Waals surface area (Å²) < 4.78 is 10.7. The van der Waals surface area contributed by atoms with Crippen molar-refractivity contribution < 1.29 is 19.4 Å². The van der Waals surface area contributed by atoms with E-state index < -0.39 is 0 Å². The van der Waals surface area contributed by atoms with Crippen LogP contribution in [0.25, 0.3) is 0 Å². The lowest BCUT2D eigenvalue weighted by atomic mass is 10.0. The van der Waals surface area contributed by atoms with E-state index in [1.807, 2.05) is 0 Å². The number of hydrogen-bond donors (Lipinski definition) is 1. The van der Waals surface area contributed by atoms with E-state index in [0.29, 0.717) is 13.0 Å². The van der Waals surface area contributed by atoms with Gasteiger partial charge in [-0.25, -0.2) is 0 Å². The van der Waals surface area contributed by atoms with E-state index in [1.165, 1.54) is 6.92 Å². The van der Waals surface area contributed by atoms with Crippen molar-refractivity contribution in [1.29, 1.82) is 0 Å². The highest BCUT2D eigenvalue weighted by atomic mass is 16.6. The van der Waals surface area contributed by atoms with E-state index in [0.717, 1.165) is 5.56 Å². The van der Waals surface area contributed by atoms with Crippen LogP contribution in [0.4, 0.5) is 0 Å². The van der Waals surface area contributed by atoms with Crippen LogP contribution in [0.2, 0.25) is 0 Å². The fourth-order valence-corrected chi connectivity index (χ4v) is 1.88. The second-order valence-corrected chi connectivity index (χ2v) is 3.82. The topological polar surface area (TPSA) is 55.8 Å². The van der Waals surface area contributed by atoms with Crippen LogP contribution in [-0.4, -0.2) is 23.8 Å². The average Bonchev–Trinajstić information content (AvgIpc) is 2.66. The van der Waals surface area contributed by atoms with Crippen molar-refractivity contribution >= 4 is 5.97 Å². The fraction of sp³-hybridized carbons (Fsp3) is 0.417. The third kappa shape index (κ3) is 2.33. The minimum atomic E-state index is -0.292. The number of aromatic hydroxyl groups is 1. The normalized spacial score (nSPS) is 24.3. The van der Waals surface area contributed by atoms with Crippen LogP contribution < -0.4 is 0 Å². The van der Waals surface area contributed by atoms with E-state index in [4.69, 9.17) is 9.47 Å². The molecule has 1 saturated heterocycles. The molecule has 1 aromatic carbocycles. The third-order valence-electron chi connectivity index (χ3n) is 2.58. The van der Waals surface area contributed by atoms with Gasteiger partial charge < -0.3 is 14.6 Å². The molecule has 1 aliphatic heterocycles. The number of carbonyl (C=O) groups excluding carboxylic acids is 1. The van der Waals surface area contributed by atoms with Crippen molar-refractivity contribution in [3.8, 4) is 5.75 Å². The Morgan fingerprint density at radius 2 is 2.12 bits per heavy atom. The van der Waals surface area contributed by atoms with E-state index in [-0.39, 0.29) is 23.9 Å². The molecule has 0 radical (unpaired) electrons. The van der Waals surface area contributed by atoms with Gasteiger partial charge in [-0.05, 0) is 17.7 Å². The van der Waals surface area contributed by atoms with Crippen LogP contribution in [0.1, 0.15) is 25.0 Å². The Bertz CT molecular complexity index is 371. The summed E-state index contributed by atoms with van der Waals surface area (Å²) in [4.78, 5) is 10.9. The maximum Gasteiger partial charge on any atom is 0.303 e. The molecule has 86 valence electrons. The van der Waals surface area contributed by atoms with E-state index in [2.05, 4.69) is 0 Å². The standard InChI is InChI=1S/C12H14O4/c1-8(13)16-11-6-7-15-12(11)9-2-4-10(14)5-3-9/h2-5,11-12,14H,6-7H2,1H3. The van der Waals surface area contributed by atoms with Crippen LogP contribution in [-0.2, 0) is 14.3 Å². The Labute approximate surface area is 93.8 Å². The second-order valence-electron chi connectivity index (χ2n) is 3.82. The zero-order valence-corrected chi connectivity index (χ0v) is 9.05. The number of esters is 1. The van der Waals surface area contributed by atoms with E-state index >= 15 is 0 Å². The molecule has 1 fully saturated rings. The zero-order valence-electron chi connectivity index (χ0n) is 9.05. The molecule has 2 atom stereocenters. The zero-order chi connectivity index (χ0) is 11.5. The molecule has 0 spiro atoms. The van der Waals surface area contributed by atoms with Crippen molar-refractivity contribution in [2.24, 2.45) is 0 Å². The van der Waals surface area contributed by atoms with Gasteiger partial charge >= 0.3 is 5.97 Å². The van der Waals surface area contributed by atoms with E-state index in [9.17, 15) is 9.90 Å². The predicted molar refractivity (Wildman–Crippen MR) is 57.0 cm³/mol. The molecule has 0 aromatic heterocycles. The molecular weight excluding hydrogens is 208 g/mol. The highest BCUT2D eigenvalue weighted by Crippen LogP contribution is 2.32. The first-order valence-electron chi connectivity index (χ1n) is 5.24. The summed E-state index contributed by atoms with van der Waals surface area (Å²) in [6.45, 7) is 1.98. The molecule has 2 rings (SSSR count). The molecular formula is C12H14O4. The highest BCUT2D eigenvalue weighted by Gasteiger charge is 2.31. The predicted octanol–water partition coefficient (Wildman–Crippen LogP) is 1.79. The van der Waals surface area contributed by atoms with Gasteiger partial charge in [0.25, 0.3) is 0 Å². The van der Waals surface area contributed by atoms with Gasteiger partial charge in [0.05, 0.1) is 6.61 Å². The van der Waals surface area contributed by atoms with Gasteiger partial charge in [0.15, 0.2) is 0 Å². The Kier molecular flexibility index (Phi) is 3.10. The molecule has 2 unspecified atom stereocenters. The molecule has 0 bridgehead atoms. The molecule has 1 aliphatic rings. The molecule has 0 amide bonds. The van der Waals surface area contributed by atoms with Crippen molar-refractivity contribution in [2.45, 2.75) is 25.6 Å². The van der Waals surface area contributed by atoms with Gasteiger partial charge in [-0.1, -0.05) is 12.1 Å². The first-order valence-corrected chi connectivity index (χ1v) is 5.24. The summed E-state index contributed by atoms with van der Waals surface area (Å²) >= 11 is 0. The third-order valence-corrected chi connectivity index (χ3v) is 2.58. The van der Waals surface area contributed by atoms with Crippen LogP contribution in [0.3, 0.4) is 0 Å². The van der Waals surface area contributed by atoms with Gasteiger partial charge in [-0.2, -0.15) is 0 Å². The van der Waals surface area contributed by atoms with Gasteiger partial charge in [0.2, 0.25) is 0 Å². The maximum atomic E-state index is 10.9. The average molecular weight is 222 g/mol. The minimum Gasteiger partial charge on any atom is -0.508 e. The second kappa shape index (κ2) is 4.53. The monoisotopic (exact) mass is 222 g/mol. The van der Waals surface area contributed by atoms with Gasteiger partial charge in [0.1, 0.15) is 18.0 Å². The van der Waals surface area contributed by atoms with Gasteiger partial charge in [0, 0.05) is 13.3 Å². The number of rotatable bonds is 2. The number of carbonyl (C=O) groups is 1. The first-order chi connectivity index (χ1) is 7.66. The van der Waals surface area contributed by atoms with Crippen LogP contribution in [0.15, 0.2) is 24.3 Å². The smallest absolute Gasteiger partial charge is 0.303 e. The van der Waals surface area contributed by atoms with Gasteiger partial charge in [-0.15, -0.1) is 0 Å². The summed E-state index contributed by atoms with van der Waals surface area (Å²) in [7, 11) is 0. The number of benzene rings is 1. The van der Waals surface area contributed by atoms with Crippen LogP contribution in [0, 0.1) is 0 Å². The van der Waals surface area contributed by atoms with Crippen molar-refractivity contribution in [1.82, 2.24) is 0 Å². The molecule has 4 heteroatoms. The Hall–Kier alpha value is -1.55. The van der Waals surface area contributed by atoms with Crippen molar-refractivity contribution in [2.75, 3.05) is 6.61 Å². The maximum absolute atomic E-state index is 10.9. The first kappa shape index (κ1) is 11.0. The lowest BCUT2D eigenvalue weighted by Gasteiger charge is -2.18. The largest absolute Gasteiger partial charge is 0.508 e. The SMILES string of the molecule is CC(=O)OC1CCOC1c1ccc(O)cc1. The lowest BCUT2D eigenvalue weighted by molar-refractivity contribution is -0.149. The molecule has 1 heterocycles. The summed E-state index contributed by atoms with van der Waals surface area (Å²) in [5.74, 6) is -0.0786. The van der Waals surface area contributed by atoms with Crippen LogP contribution >= 0.6 is 0 Å². The van der Waals surface area contributed by atoms with Crippen molar-refractivity contribution in [3.05, 3.63) is 29.8 Å². The lowest BCUT2D eigenvalue weighted by Crippen LogP contribution is -2.19. The molecule has 1 aromatic rings. The Morgan fingerprint density at radius 1 is 1.44 bits per heavy atom. The highest BCUT2D eigenvalue weighted by molar-refractivity contribution is 5.66.